The van der Waals surface area contributed by atoms with Crippen molar-refractivity contribution in [3.05, 3.63) is 53.8 Å². The van der Waals surface area contributed by atoms with E-state index in [4.69, 9.17) is 15.2 Å². The van der Waals surface area contributed by atoms with E-state index in [2.05, 4.69) is 15.8 Å². The van der Waals surface area contributed by atoms with Gasteiger partial charge in [0, 0.05) is 5.69 Å². The van der Waals surface area contributed by atoms with E-state index in [1.807, 2.05) is 0 Å². The van der Waals surface area contributed by atoms with Crippen molar-refractivity contribution in [2.24, 2.45) is 10.8 Å². The number of halogens is 1. The zero-order valence-corrected chi connectivity index (χ0v) is 14.6. The molecule has 8 nitrogen and oxygen atoms in total. The van der Waals surface area contributed by atoms with E-state index in [0.717, 1.165) is 0 Å². The molecule has 0 fully saturated rings. The molecule has 2 amide bonds. The second-order valence-corrected chi connectivity index (χ2v) is 5.32. The van der Waals surface area contributed by atoms with Gasteiger partial charge in [-0.2, -0.15) is 5.10 Å². The van der Waals surface area contributed by atoms with Gasteiger partial charge in [-0.3, -0.25) is 9.59 Å². The average molecular weight is 374 g/mol. The molecule has 2 aromatic carbocycles. The summed E-state index contributed by atoms with van der Waals surface area (Å²) < 4.78 is 23.2. The van der Waals surface area contributed by atoms with Crippen LogP contribution in [0.4, 0.5) is 10.1 Å². The molecule has 0 saturated heterocycles. The zero-order valence-electron chi connectivity index (χ0n) is 14.6. The summed E-state index contributed by atoms with van der Waals surface area (Å²) in [6, 6.07) is 10.5. The minimum absolute atomic E-state index is 0.0216. The molecule has 2 aromatic rings. The Kier molecular flexibility index (Phi) is 7.12. The number of carbonyl (C=O) groups excluding carboxylic acids is 2. The number of hydrazone groups is 1. The molecule has 0 aromatic heterocycles. The quantitative estimate of drug-likeness (QED) is 0.452. The van der Waals surface area contributed by atoms with Gasteiger partial charge < -0.3 is 20.5 Å². The van der Waals surface area contributed by atoms with E-state index in [-0.39, 0.29) is 24.9 Å². The monoisotopic (exact) mass is 374 g/mol. The number of hydrogen-bond donors (Lipinski definition) is 3. The predicted molar refractivity (Wildman–Crippen MR) is 98.3 cm³/mol. The first-order chi connectivity index (χ1) is 13.0. The van der Waals surface area contributed by atoms with E-state index in [1.165, 1.54) is 37.6 Å². The van der Waals surface area contributed by atoms with Gasteiger partial charge in [0.05, 0.1) is 19.9 Å². The number of carbonyl (C=O) groups is 2. The van der Waals surface area contributed by atoms with Crippen LogP contribution >= 0.6 is 0 Å². The number of primary amides is 1. The molecule has 0 saturated carbocycles. The third kappa shape index (κ3) is 6.65. The molecule has 2 rings (SSSR count). The lowest BCUT2D eigenvalue weighted by atomic mass is 10.2. The highest BCUT2D eigenvalue weighted by Crippen LogP contribution is 2.27. The summed E-state index contributed by atoms with van der Waals surface area (Å²) in [6.45, 7) is -0.285. The largest absolute Gasteiger partial charge is 0.493 e. The van der Waals surface area contributed by atoms with Crippen molar-refractivity contribution in [1.82, 2.24) is 5.43 Å². The number of nitrogens with zero attached hydrogens (tertiary/aromatic N) is 1. The summed E-state index contributed by atoms with van der Waals surface area (Å²) in [7, 11) is 1.45. The maximum Gasteiger partial charge on any atom is 0.259 e. The Labute approximate surface area is 155 Å². The van der Waals surface area contributed by atoms with Crippen LogP contribution in [0.2, 0.25) is 0 Å². The summed E-state index contributed by atoms with van der Waals surface area (Å²) in [6.07, 6.45) is 1.43. The van der Waals surface area contributed by atoms with Gasteiger partial charge in [-0.1, -0.05) is 0 Å². The van der Waals surface area contributed by atoms with Crippen LogP contribution in [0.15, 0.2) is 47.6 Å². The Morgan fingerprint density at radius 3 is 2.59 bits per heavy atom. The average Bonchev–Trinajstić information content (AvgIpc) is 2.66. The molecule has 4 N–H and O–H groups in total. The van der Waals surface area contributed by atoms with Crippen LogP contribution in [0, 0.1) is 5.82 Å². The fourth-order valence-electron chi connectivity index (χ4n) is 2.00. The van der Waals surface area contributed by atoms with Crippen molar-refractivity contribution >= 4 is 23.7 Å². The van der Waals surface area contributed by atoms with Crippen molar-refractivity contribution in [3.8, 4) is 11.5 Å². The lowest BCUT2D eigenvalue weighted by molar-refractivity contribution is -0.120. The van der Waals surface area contributed by atoms with Crippen LogP contribution in [0.1, 0.15) is 5.56 Å². The third-order valence-corrected chi connectivity index (χ3v) is 3.26. The van der Waals surface area contributed by atoms with Gasteiger partial charge in [0.25, 0.3) is 11.8 Å². The standard InChI is InChI=1S/C18H19FN4O4/c1-26-16-8-12(2-7-15(16)27-11-17(20)24)9-22-23-18(25)10-21-14-5-3-13(19)4-6-14/h2-9,21H,10-11H2,1H3,(H2,20,24)(H,23,25)/b22-9+. The maximum absolute atomic E-state index is 12.8. The lowest BCUT2D eigenvalue weighted by Crippen LogP contribution is -2.25. The molecule has 0 radical (unpaired) electrons. The van der Waals surface area contributed by atoms with Gasteiger partial charge in [-0.15, -0.1) is 0 Å². The van der Waals surface area contributed by atoms with Gasteiger partial charge in [0.1, 0.15) is 5.82 Å². The van der Waals surface area contributed by atoms with Gasteiger partial charge in [-0.25, -0.2) is 9.82 Å². The lowest BCUT2D eigenvalue weighted by Gasteiger charge is -2.09. The Hall–Kier alpha value is -3.62. The number of benzene rings is 2. The Balaban J connectivity index is 1.86. The second kappa shape index (κ2) is 9.76. The highest BCUT2D eigenvalue weighted by Gasteiger charge is 2.06. The van der Waals surface area contributed by atoms with Crippen LogP contribution in [-0.4, -0.2) is 38.3 Å². The van der Waals surface area contributed by atoms with Crippen LogP contribution in [-0.2, 0) is 9.59 Å². The molecular weight excluding hydrogens is 355 g/mol. The van der Waals surface area contributed by atoms with E-state index in [0.29, 0.717) is 22.7 Å². The van der Waals surface area contributed by atoms with E-state index in [1.54, 1.807) is 18.2 Å². The van der Waals surface area contributed by atoms with E-state index < -0.39 is 5.91 Å². The van der Waals surface area contributed by atoms with Crippen LogP contribution in [0.5, 0.6) is 11.5 Å². The summed E-state index contributed by atoms with van der Waals surface area (Å²) in [5, 5.41) is 6.69. The molecule has 0 aliphatic carbocycles. The molecule has 0 aliphatic heterocycles. The van der Waals surface area contributed by atoms with Gasteiger partial charge in [0.15, 0.2) is 18.1 Å². The van der Waals surface area contributed by atoms with Crippen molar-refractivity contribution in [3.63, 3.8) is 0 Å². The molecule has 0 aliphatic rings. The SMILES string of the molecule is COc1cc(/C=N/NC(=O)CNc2ccc(F)cc2)ccc1OCC(N)=O. The molecule has 0 spiro atoms. The van der Waals surface area contributed by atoms with Gasteiger partial charge in [0.2, 0.25) is 0 Å². The third-order valence-electron chi connectivity index (χ3n) is 3.26. The van der Waals surface area contributed by atoms with Crippen LogP contribution in [0.3, 0.4) is 0 Å². The normalized spacial score (nSPS) is 10.4. The molecular formula is C18H19FN4O4. The number of methoxy groups -OCH3 is 1. The summed E-state index contributed by atoms with van der Waals surface area (Å²) in [4.78, 5) is 22.5. The molecule has 142 valence electrons. The van der Waals surface area contributed by atoms with Crippen LogP contribution < -0.4 is 25.9 Å². The van der Waals surface area contributed by atoms with E-state index >= 15 is 0 Å². The molecule has 0 bridgehead atoms. The topological polar surface area (TPSA) is 115 Å². The number of ether oxygens (including phenoxy) is 2. The summed E-state index contributed by atoms with van der Waals surface area (Å²) in [5.41, 5.74) is 8.66. The number of hydrogen-bond acceptors (Lipinski definition) is 6. The van der Waals surface area contributed by atoms with Crippen molar-refractivity contribution in [2.75, 3.05) is 25.6 Å². The number of nitrogens with one attached hydrogen (secondary N) is 2. The minimum atomic E-state index is -0.598. The van der Waals surface area contributed by atoms with E-state index in [9.17, 15) is 14.0 Å². The molecule has 0 unspecified atom stereocenters. The first kappa shape index (κ1) is 19.7. The number of nitrogens with two attached hydrogens (primary N) is 1. The van der Waals surface area contributed by atoms with Gasteiger partial charge >= 0.3 is 0 Å². The Morgan fingerprint density at radius 1 is 1.19 bits per heavy atom. The first-order valence-electron chi connectivity index (χ1n) is 7.88. The van der Waals surface area contributed by atoms with Crippen molar-refractivity contribution in [1.29, 1.82) is 0 Å². The second-order valence-electron chi connectivity index (χ2n) is 5.32. The Morgan fingerprint density at radius 2 is 1.93 bits per heavy atom. The number of rotatable bonds is 9. The fraction of sp³-hybridized carbons (Fsp3) is 0.167. The minimum Gasteiger partial charge on any atom is -0.493 e. The maximum atomic E-state index is 12.8. The fourth-order valence-corrected chi connectivity index (χ4v) is 2.00. The number of anilines is 1. The molecule has 0 atom stereocenters. The van der Waals surface area contributed by atoms with Crippen molar-refractivity contribution < 1.29 is 23.5 Å². The molecule has 27 heavy (non-hydrogen) atoms. The van der Waals surface area contributed by atoms with Gasteiger partial charge in [-0.05, 0) is 48.0 Å². The Bertz CT molecular complexity index is 825. The highest BCUT2D eigenvalue weighted by molar-refractivity contribution is 5.85. The summed E-state index contributed by atoms with van der Waals surface area (Å²) >= 11 is 0. The highest BCUT2D eigenvalue weighted by atomic mass is 19.1. The number of amides is 2. The molecule has 9 heteroatoms. The molecule has 0 heterocycles. The van der Waals surface area contributed by atoms with Crippen LogP contribution in [0.25, 0.3) is 0 Å². The first-order valence-corrected chi connectivity index (χ1v) is 7.88. The summed E-state index contributed by atoms with van der Waals surface area (Å²) in [5.74, 6) is -0.565. The van der Waals surface area contributed by atoms with Crippen molar-refractivity contribution in [2.45, 2.75) is 0 Å². The predicted octanol–water partition coefficient (Wildman–Crippen LogP) is 1.26. The smallest absolute Gasteiger partial charge is 0.259 e. The zero-order chi connectivity index (χ0) is 19.6.